The highest BCUT2D eigenvalue weighted by Gasteiger charge is 2.04. The summed E-state index contributed by atoms with van der Waals surface area (Å²) >= 11 is 3.41. The minimum absolute atomic E-state index is 0.492. The van der Waals surface area contributed by atoms with Crippen LogP contribution in [0.5, 0.6) is 11.5 Å². The van der Waals surface area contributed by atoms with E-state index in [0.717, 1.165) is 21.5 Å². The first-order valence-electron chi connectivity index (χ1n) is 5.50. The monoisotopic (exact) mass is 307 g/mol. The first-order valence-corrected chi connectivity index (χ1v) is 6.29. The molecule has 18 heavy (non-hydrogen) atoms. The lowest BCUT2D eigenvalue weighted by Crippen LogP contribution is -1.97. The number of methoxy groups -OCH3 is 1. The van der Waals surface area contributed by atoms with Crippen LogP contribution < -0.4 is 15.2 Å². The molecule has 0 bridgehead atoms. The smallest absolute Gasteiger partial charge is 0.136 e. The molecule has 4 heteroatoms. The summed E-state index contributed by atoms with van der Waals surface area (Å²) in [6.07, 6.45) is 0. The maximum Gasteiger partial charge on any atom is 0.136 e. The molecule has 0 radical (unpaired) electrons. The molecule has 2 aromatic carbocycles. The number of nitrogens with two attached hydrogens (primary N) is 1. The second-order valence-electron chi connectivity index (χ2n) is 3.80. The Labute approximate surface area is 115 Å². The number of benzene rings is 2. The van der Waals surface area contributed by atoms with Crippen LogP contribution in [0.1, 0.15) is 5.56 Å². The summed E-state index contributed by atoms with van der Waals surface area (Å²) in [5.41, 5.74) is 7.53. The normalized spacial score (nSPS) is 10.1. The molecule has 0 atom stereocenters. The van der Waals surface area contributed by atoms with E-state index in [1.807, 2.05) is 42.5 Å². The van der Waals surface area contributed by atoms with Crippen LogP contribution in [0.15, 0.2) is 46.9 Å². The molecule has 0 spiro atoms. The number of hydrogen-bond donors (Lipinski definition) is 1. The van der Waals surface area contributed by atoms with Gasteiger partial charge in [-0.15, -0.1) is 0 Å². The van der Waals surface area contributed by atoms with Crippen molar-refractivity contribution in [1.82, 2.24) is 0 Å². The third-order valence-electron chi connectivity index (χ3n) is 2.55. The summed E-state index contributed by atoms with van der Waals surface area (Å²) in [4.78, 5) is 0. The van der Waals surface area contributed by atoms with Gasteiger partial charge in [0, 0.05) is 5.69 Å². The van der Waals surface area contributed by atoms with E-state index in [-0.39, 0.29) is 0 Å². The Balaban J connectivity index is 2.04. The largest absolute Gasteiger partial charge is 0.497 e. The molecule has 2 rings (SSSR count). The molecule has 0 saturated carbocycles. The average Bonchev–Trinajstić information content (AvgIpc) is 2.41. The van der Waals surface area contributed by atoms with Crippen molar-refractivity contribution < 1.29 is 9.47 Å². The summed E-state index contributed by atoms with van der Waals surface area (Å²) in [6, 6.07) is 13.3. The van der Waals surface area contributed by atoms with Gasteiger partial charge in [-0.3, -0.25) is 0 Å². The minimum Gasteiger partial charge on any atom is -0.497 e. The zero-order valence-corrected chi connectivity index (χ0v) is 11.6. The van der Waals surface area contributed by atoms with Crippen molar-refractivity contribution in [2.24, 2.45) is 0 Å². The van der Waals surface area contributed by atoms with Crippen molar-refractivity contribution in [1.29, 1.82) is 0 Å². The van der Waals surface area contributed by atoms with E-state index in [9.17, 15) is 0 Å². The minimum atomic E-state index is 0.492. The first kappa shape index (κ1) is 12.8. The van der Waals surface area contributed by atoms with E-state index in [0.29, 0.717) is 12.3 Å². The van der Waals surface area contributed by atoms with Gasteiger partial charge in [-0.05, 0) is 45.8 Å². The third-order valence-corrected chi connectivity index (χ3v) is 3.40. The standard InChI is InChI=1S/C14H14BrNO2/c1-17-11-7-5-10(6-8-11)9-18-13-4-2-3-12(16)14(13)15/h2-8H,9,16H2,1H3. The summed E-state index contributed by atoms with van der Waals surface area (Å²) < 4.78 is 11.6. The molecular formula is C14H14BrNO2. The van der Waals surface area contributed by atoms with Gasteiger partial charge in [-0.25, -0.2) is 0 Å². The predicted molar refractivity (Wildman–Crippen MR) is 75.9 cm³/mol. The number of rotatable bonds is 4. The lowest BCUT2D eigenvalue weighted by molar-refractivity contribution is 0.304. The van der Waals surface area contributed by atoms with Crippen LogP contribution in [0.4, 0.5) is 5.69 Å². The number of nitrogen functional groups attached to an aromatic ring is 1. The molecule has 0 amide bonds. The van der Waals surface area contributed by atoms with Gasteiger partial charge in [0.1, 0.15) is 18.1 Å². The van der Waals surface area contributed by atoms with Crippen molar-refractivity contribution in [3.05, 3.63) is 52.5 Å². The number of ether oxygens (including phenoxy) is 2. The highest BCUT2D eigenvalue weighted by atomic mass is 79.9. The number of hydrogen-bond acceptors (Lipinski definition) is 3. The highest BCUT2D eigenvalue weighted by molar-refractivity contribution is 9.10. The molecule has 0 fully saturated rings. The van der Waals surface area contributed by atoms with Gasteiger partial charge >= 0.3 is 0 Å². The van der Waals surface area contributed by atoms with E-state index < -0.39 is 0 Å². The second kappa shape index (κ2) is 5.78. The predicted octanol–water partition coefficient (Wildman–Crippen LogP) is 3.62. The molecule has 0 unspecified atom stereocenters. The fourth-order valence-electron chi connectivity index (χ4n) is 1.52. The molecule has 0 aliphatic heterocycles. The maximum absolute atomic E-state index is 5.78. The van der Waals surface area contributed by atoms with E-state index in [1.54, 1.807) is 7.11 Å². The number of anilines is 1. The molecule has 0 aliphatic rings. The van der Waals surface area contributed by atoms with Crippen molar-refractivity contribution >= 4 is 21.6 Å². The Kier molecular flexibility index (Phi) is 4.10. The summed E-state index contributed by atoms with van der Waals surface area (Å²) in [6.45, 7) is 0.492. The van der Waals surface area contributed by atoms with E-state index >= 15 is 0 Å². The molecule has 2 N–H and O–H groups in total. The molecule has 2 aromatic rings. The van der Waals surface area contributed by atoms with Gasteiger partial charge in [0.2, 0.25) is 0 Å². The quantitative estimate of drug-likeness (QED) is 0.877. The molecular weight excluding hydrogens is 294 g/mol. The molecule has 3 nitrogen and oxygen atoms in total. The molecule has 0 saturated heterocycles. The molecule has 0 aliphatic carbocycles. The van der Waals surface area contributed by atoms with Crippen molar-refractivity contribution in [2.75, 3.05) is 12.8 Å². The fourth-order valence-corrected chi connectivity index (χ4v) is 1.90. The van der Waals surface area contributed by atoms with E-state index in [2.05, 4.69) is 15.9 Å². The fraction of sp³-hybridized carbons (Fsp3) is 0.143. The van der Waals surface area contributed by atoms with E-state index in [1.165, 1.54) is 0 Å². The van der Waals surface area contributed by atoms with Crippen LogP contribution in [0.25, 0.3) is 0 Å². The SMILES string of the molecule is COc1ccc(COc2cccc(N)c2Br)cc1. The van der Waals surface area contributed by atoms with Crippen LogP contribution in [0, 0.1) is 0 Å². The van der Waals surface area contributed by atoms with Crippen LogP contribution in [0.3, 0.4) is 0 Å². The van der Waals surface area contributed by atoms with Crippen LogP contribution in [-0.2, 0) is 6.61 Å². The van der Waals surface area contributed by atoms with Gasteiger partial charge in [0.25, 0.3) is 0 Å². The lowest BCUT2D eigenvalue weighted by atomic mass is 10.2. The third kappa shape index (κ3) is 2.96. The summed E-state index contributed by atoms with van der Waals surface area (Å²) in [5.74, 6) is 1.58. The Hall–Kier alpha value is -1.68. The first-order chi connectivity index (χ1) is 8.70. The van der Waals surface area contributed by atoms with Crippen molar-refractivity contribution in [2.45, 2.75) is 6.61 Å². The van der Waals surface area contributed by atoms with Gasteiger partial charge in [0.05, 0.1) is 11.6 Å². The van der Waals surface area contributed by atoms with Crippen LogP contribution in [0.2, 0.25) is 0 Å². The van der Waals surface area contributed by atoms with Gasteiger partial charge in [-0.1, -0.05) is 18.2 Å². The Bertz CT molecular complexity index is 526. The van der Waals surface area contributed by atoms with Crippen LogP contribution >= 0.6 is 15.9 Å². The average molecular weight is 308 g/mol. The second-order valence-corrected chi connectivity index (χ2v) is 4.59. The molecule has 0 aromatic heterocycles. The zero-order valence-electron chi connectivity index (χ0n) is 10.0. The van der Waals surface area contributed by atoms with Crippen molar-refractivity contribution in [3.63, 3.8) is 0 Å². The van der Waals surface area contributed by atoms with Gasteiger partial charge in [0.15, 0.2) is 0 Å². The Morgan fingerprint density at radius 1 is 1.11 bits per heavy atom. The Morgan fingerprint density at radius 2 is 1.83 bits per heavy atom. The topological polar surface area (TPSA) is 44.5 Å². The van der Waals surface area contributed by atoms with E-state index in [4.69, 9.17) is 15.2 Å². The maximum atomic E-state index is 5.78. The lowest BCUT2D eigenvalue weighted by Gasteiger charge is -2.10. The van der Waals surface area contributed by atoms with Crippen LogP contribution in [-0.4, -0.2) is 7.11 Å². The Morgan fingerprint density at radius 3 is 2.50 bits per heavy atom. The van der Waals surface area contributed by atoms with Crippen molar-refractivity contribution in [3.8, 4) is 11.5 Å². The van der Waals surface area contributed by atoms with Gasteiger partial charge in [-0.2, -0.15) is 0 Å². The zero-order chi connectivity index (χ0) is 13.0. The summed E-state index contributed by atoms with van der Waals surface area (Å²) in [5, 5.41) is 0. The molecule has 94 valence electrons. The highest BCUT2D eigenvalue weighted by Crippen LogP contribution is 2.30. The van der Waals surface area contributed by atoms with Gasteiger partial charge < -0.3 is 15.2 Å². The summed E-state index contributed by atoms with van der Waals surface area (Å²) in [7, 11) is 1.65. The molecule has 0 heterocycles. The number of halogens is 1.